The van der Waals surface area contributed by atoms with Crippen LogP contribution >= 0.6 is 0 Å². The molecule has 0 saturated heterocycles. The lowest BCUT2D eigenvalue weighted by molar-refractivity contribution is 0.171. The molecular weight excluding hydrogens is 376 g/mol. The molecule has 0 aliphatic carbocycles. The molecule has 1 atom stereocenters. The molecule has 1 unspecified atom stereocenters. The molecule has 0 N–H and O–H groups in total. The van der Waals surface area contributed by atoms with E-state index in [1.807, 2.05) is 36.7 Å². The lowest BCUT2D eigenvalue weighted by Crippen LogP contribution is -2.47. The van der Waals surface area contributed by atoms with Gasteiger partial charge in [0.25, 0.3) is 0 Å². The van der Waals surface area contributed by atoms with Crippen LogP contribution in [-0.4, -0.2) is 52.7 Å². The lowest BCUT2D eigenvalue weighted by atomic mass is 9.91. The number of likely N-dealkylation sites (N-methyl/N-ethyl adjacent to an activating group) is 1. The van der Waals surface area contributed by atoms with Gasteiger partial charge in [0.1, 0.15) is 12.0 Å². The molecule has 0 amide bonds. The topological polar surface area (TPSA) is 60.4 Å². The molecule has 2 heterocycles. The van der Waals surface area contributed by atoms with Crippen molar-refractivity contribution >= 4 is 10.9 Å². The zero-order valence-electron chi connectivity index (χ0n) is 18.3. The number of pyridine rings is 1. The zero-order valence-corrected chi connectivity index (χ0v) is 18.3. The van der Waals surface area contributed by atoms with Crippen molar-refractivity contribution in [2.45, 2.75) is 32.7 Å². The molecule has 1 aromatic carbocycles. The number of rotatable bonds is 7. The highest BCUT2D eigenvalue weighted by Gasteiger charge is 2.28. The highest BCUT2D eigenvalue weighted by Crippen LogP contribution is 2.32. The van der Waals surface area contributed by atoms with E-state index in [9.17, 15) is 0 Å². The monoisotopic (exact) mass is 404 g/mol. The van der Waals surface area contributed by atoms with E-state index >= 15 is 0 Å². The molecule has 3 rings (SSSR count). The Morgan fingerprint density at radius 3 is 2.30 bits per heavy atom. The first-order valence-electron chi connectivity index (χ1n) is 10.1. The molecule has 156 valence electrons. The quantitative estimate of drug-likeness (QED) is 0.559. The van der Waals surface area contributed by atoms with Crippen molar-refractivity contribution < 1.29 is 9.47 Å². The summed E-state index contributed by atoms with van der Waals surface area (Å²) in [6.45, 7) is 8.31. The number of hydrogen-bond donors (Lipinski definition) is 0. The summed E-state index contributed by atoms with van der Waals surface area (Å²) in [5.41, 5.74) is 2.30. The Morgan fingerprint density at radius 1 is 1.00 bits per heavy atom. The van der Waals surface area contributed by atoms with E-state index < -0.39 is 0 Å². The standard InChI is InChI=1S/C24H28N4O2/c1-6-28(7-2)24(3,16-18-9-12-25-13-10-18)11-8-20-19-14-22(29-4)23(30-5)15-21(19)27-17-26-20/h9-10,12-15,17H,6-7,16H2,1-5H3. The largest absolute Gasteiger partial charge is 0.493 e. The lowest BCUT2D eigenvalue weighted by Gasteiger charge is -2.36. The summed E-state index contributed by atoms with van der Waals surface area (Å²) >= 11 is 0. The van der Waals surface area contributed by atoms with Crippen LogP contribution in [0, 0.1) is 11.8 Å². The van der Waals surface area contributed by atoms with Crippen LogP contribution in [0.2, 0.25) is 0 Å². The number of aromatic nitrogens is 3. The third-order valence-corrected chi connectivity index (χ3v) is 5.35. The minimum Gasteiger partial charge on any atom is -0.493 e. The molecular formula is C24H28N4O2. The van der Waals surface area contributed by atoms with Crippen molar-refractivity contribution in [1.82, 2.24) is 19.9 Å². The Bertz CT molecular complexity index is 1060. The number of hydrogen-bond acceptors (Lipinski definition) is 6. The minimum absolute atomic E-state index is 0.349. The summed E-state index contributed by atoms with van der Waals surface area (Å²) in [5, 5.41) is 0.841. The Labute approximate surface area is 178 Å². The van der Waals surface area contributed by atoms with Crippen molar-refractivity contribution in [3.05, 3.63) is 54.2 Å². The van der Waals surface area contributed by atoms with Crippen molar-refractivity contribution in [3.63, 3.8) is 0 Å². The molecule has 0 aliphatic rings. The second-order valence-corrected chi connectivity index (χ2v) is 7.17. The second-order valence-electron chi connectivity index (χ2n) is 7.17. The van der Waals surface area contributed by atoms with E-state index in [0.717, 1.165) is 30.4 Å². The van der Waals surface area contributed by atoms with Gasteiger partial charge in [-0.05, 0) is 49.7 Å². The summed E-state index contributed by atoms with van der Waals surface area (Å²) in [5.74, 6) is 8.11. The van der Waals surface area contributed by atoms with Crippen LogP contribution in [0.1, 0.15) is 32.0 Å². The zero-order chi connectivity index (χ0) is 21.6. The molecule has 0 radical (unpaired) electrons. The molecule has 0 spiro atoms. The van der Waals surface area contributed by atoms with Gasteiger partial charge in [-0.25, -0.2) is 9.97 Å². The fourth-order valence-corrected chi connectivity index (χ4v) is 3.73. The predicted molar refractivity (Wildman–Crippen MR) is 119 cm³/mol. The smallest absolute Gasteiger partial charge is 0.162 e. The fourth-order valence-electron chi connectivity index (χ4n) is 3.73. The predicted octanol–water partition coefficient (Wildman–Crippen LogP) is 3.74. The third-order valence-electron chi connectivity index (χ3n) is 5.35. The Kier molecular flexibility index (Phi) is 6.86. The minimum atomic E-state index is -0.349. The number of benzene rings is 1. The highest BCUT2D eigenvalue weighted by molar-refractivity contribution is 5.86. The second kappa shape index (κ2) is 9.55. The third kappa shape index (κ3) is 4.52. The van der Waals surface area contributed by atoms with Crippen LogP contribution < -0.4 is 9.47 Å². The Hall–Kier alpha value is -3.17. The van der Waals surface area contributed by atoms with Crippen LogP contribution in [0.25, 0.3) is 10.9 Å². The molecule has 0 saturated carbocycles. The number of nitrogens with zero attached hydrogens (tertiary/aromatic N) is 4. The van der Waals surface area contributed by atoms with Crippen molar-refractivity contribution in [2.24, 2.45) is 0 Å². The van der Waals surface area contributed by atoms with Gasteiger partial charge in [0.15, 0.2) is 11.5 Å². The number of ether oxygens (including phenoxy) is 2. The number of methoxy groups -OCH3 is 2. The molecule has 0 bridgehead atoms. The van der Waals surface area contributed by atoms with E-state index in [4.69, 9.17) is 9.47 Å². The summed E-state index contributed by atoms with van der Waals surface area (Å²) in [6.07, 6.45) is 5.98. The number of fused-ring (bicyclic) bond motifs is 1. The van der Waals surface area contributed by atoms with E-state index in [2.05, 4.69) is 52.5 Å². The van der Waals surface area contributed by atoms with Gasteiger partial charge in [0.2, 0.25) is 0 Å². The van der Waals surface area contributed by atoms with Gasteiger partial charge in [-0.1, -0.05) is 19.8 Å². The van der Waals surface area contributed by atoms with E-state index in [1.165, 1.54) is 11.9 Å². The average molecular weight is 405 g/mol. The maximum absolute atomic E-state index is 5.45. The molecule has 0 fully saturated rings. The fraction of sp³-hybridized carbons (Fsp3) is 0.375. The van der Waals surface area contributed by atoms with Gasteiger partial charge >= 0.3 is 0 Å². The molecule has 0 aliphatic heterocycles. The van der Waals surface area contributed by atoms with E-state index in [0.29, 0.717) is 17.2 Å². The van der Waals surface area contributed by atoms with Gasteiger partial charge in [0.05, 0.1) is 25.3 Å². The molecule has 6 heteroatoms. The van der Waals surface area contributed by atoms with Crippen LogP contribution in [0.15, 0.2) is 43.0 Å². The SMILES string of the molecule is CCN(CC)C(C)(C#Cc1ncnc2cc(OC)c(OC)cc12)Cc1ccncc1. The Morgan fingerprint density at radius 2 is 1.67 bits per heavy atom. The molecule has 6 nitrogen and oxygen atoms in total. The first kappa shape index (κ1) is 21.5. The summed E-state index contributed by atoms with van der Waals surface area (Å²) < 4.78 is 10.8. The summed E-state index contributed by atoms with van der Waals surface area (Å²) in [7, 11) is 3.23. The van der Waals surface area contributed by atoms with Crippen molar-refractivity contribution in [2.75, 3.05) is 27.3 Å². The normalized spacial score (nSPS) is 12.9. The summed E-state index contributed by atoms with van der Waals surface area (Å²) in [4.78, 5) is 15.3. The highest BCUT2D eigenvalue weighted by atomic mass is 16.5. The van der Waals surface area contributed by atoms with Crippen molar-refractivity contribution in [3.8, 4) is 23.3 Å². The van der Waals surface area contributed by atoms with Crippen LogP contribution in [0.3, 0.4) is 0 Å². The van der Waals surface area contributed by atoms with Gasteiger partial charge < -0.3 is 9.47 Å². The van der Waals surface area contributed by atoms with Gasteiger partial charge in [-0.3, -0.25) is 9.88 Å². The summed E-state index contributed by atoms with van der Waals surface area (Å²) in [6, 6.07) is 7.82. The Balaban J connectivity index is 2.08. The van der Waals surface area contributed by atoms with Crippen LogP contribution in [0.5, 0.6) is 11.5 Å². The maximum Gasteiger partial charge on any atom is 0.162 e. The molecule has 2 aromatic heterocycles. The first-order chi connectivity index (χ1) is 14.5. The van der Waals surface area contributed by atoms with Gasteiger partial charge in [-0.2, -0.15) is 0 Å². The molecule has 30 heavy (non-hydrogen) atoms. The van der Waals surface area contributed by atoms with Gasteiger partial charge in [0, 0.05) is 30.3 Å². The van der Waals surface area contributed by atoms with Crippen molar-refractivity contribution in [1.29, 1.82) is 0 Å². The van der Waals surface area contributed by atoms with Gasteiger partial charge in [-0.15, -0.1) is 0 Å². The average Bonchev–Trinajstić information content (AvgIpc) is 2.78. The molecule has 3 aromatic rings. The van der Waals surface area contributed by atoms with Crippen LogP contribution in [0.4, 0.5) is 0 Å². The van der Waals surface area contributed by atoms with E-state index in [1.54, 1.807) is 14.2 Å². The van der Waals surface area contributed by atoms with E-state index in [-0.39, 0.29) is 5.54 Å². The maximum atomic E-state index is 5.45. The first-order valence-corrected chi connectivity index (χ1v) is 10.1. The van der Waals surface area contributed by atoms with Crippen LogP contribution in [-0.2, 0) is 6.42 Å².